The van der Waals surface area contributed by atoms with E-state index in [9.17, 15) is 14.3 Å². The van der Waals surface area contributed by atoms with Crippen molar-refractivity contribution in [2.24, 2.45) is 0 Å². The summed E-state index contributed by atoms with van der Waals surface area (Å²) >= 11 is 3.47. The van der Waals surface area contributed by atoms with E-state index in [1.54, 1.807) is 24.2 Å². The minimum atomic E-state index is -0.994. The van der Waals surface area contributed by atoms with E-state index in [0.717, 1.165) is 21.2 Å². The summed E-state index contributed by atoms with van der Waals surface area (Å²) in [5.74, 6) is -1.30. The first-order chi connectivity index (χ1) is 12.4. The highest BCUT2D eigenvalue weighted by molar-refractivity contribution is 9.10. The number of carbonyl (C=O) groups is 1. The molecule has 136 valence electrons. The zero-order chi connectivity index (χ0) is 18.9. The molecule has 1 aliphatic heterocycles. The number of halogens is 2. The lowest BCUT2D eigenvalue weighted by Gasteiger charge is -2.32. The Labute approximate surface area is 160 Å². The molecule has 0 aromatic heterocycles. The van der Waals surface area contributed by atoms with Crippen LogP contribution in [0.5, 0.6) is 0 Å². The molecule has 2 N–H and O–H groups in total. The van der Waals surface area contributed by atoms with E-state index in [1.807, 2.05) is 31.2 Å². The predicted octanol–water partition coefficient (Wildman–Crippen LogP) is 4.18. The summed E-state index contributed by atoms with van der Waals surface area (Å²) in [7, 11) is 1.71. The summed E-state index contributed by atoms with van der Waals surface area (Å²) < 4.78 is 14.4. The Kier molecular flexibility index (Phi) is 5.16. The van der Waals surface area contributed by atoms with Gasteiger partial charge in [-0.15, -0.1) is 0 Å². The molecular formula is C20H20BrFN2O2. The summed E-state index contributed by atoms with van der Waals surface area (Å²) in [6, 6.07) is 14.0. The third kappa shape index (κ3) is 3.04. The highest BCUT2D eigenvalue weighted by Crippen LogP contribution is 2.49. The highest BCUT2D eigenvalue weighted by Gasteiger charge is 2.47. The van der Waals surface area contributed by atoms with E-state index in [-0.39, 0.29) is 11.5 Å². The molecule has 0 aliphatic carbocycles. The number of nitrogens with one attached hydrogen (secondary N) is 1. The van der Waals surface area contributed by atoms with Crippen LogP contribution in [0, 0.1) is 5.82 Å². The number of rotatable bonds is 5. The van der Waals surface area contributed by atoms with Gasteiger partial charge in [0.1, 0.15) is 11.5 Å². The average Bonchev–Trinajstić information content (AvgIpc) is 2.98. The smallest absolute Gasteiger partial charge is 0.353 e. The van der Waals surface area contributed by atoms with Gasteiger partial charge in [-0.3, -0.25) is 0 Å². The summed E-state index contributed by atoms with van der Waals surface area (Å²) in [6.07, 6.45) is 0.676. The van der Waals surface area contributed by atoms with E-state index in [1.165, 1.54) is 12.1 Å². The van der Waals surface area contributed by atoms with Gasteiger partial charge in [-0.1, -0.05) is 47.1 Å². The van der Waals surface area contributed by atoms with Crippen molar-refractivity contribution in [3.05, 3.63) is 75.6 Å². The van der Waals surface area contributed by atoms with Crippen LogP contribution < -0.4 is 5.43 Å². The van der Waals surface area contributed by atoms with Crippen molar-refractivity contribution in [3.8, 4) is 0 Å². The predicted molar refractivity (Wildman–Crippen MR) is 103 cm³/mol. The zero-order valence-electron chi connectivity index (χ0n) is 14.6. The molecule has 26 heavy (non-hydrogen) atoms. The number of carboxylic acids is 1. The maximum Gasteiger partial charge on any atom is 0.353 e. The molecule has 1 heterocycles. The molecule has 0 radical (unpaired) electrons. The Morgan fingerprint density at radius 1 is 1.31 bits per heavy atom. The fourth-order valence-corrected chi connectivity index (χ4v) is 4.16. The number of aliphatic carboxylic acids is 1. The Balaban J connectivity index is 2.32. The van der Waals surface area contributed by atoms with Gasteiger partial charge >= 0.3 is 5.97 Å². The largest absolute Gasteiger partial charge is 0.477 e. The van der Waals surface area contributed by atoms with Gasteiger partial charge in [-0.25, -0.2) is 14.6 Å². The van der Waals surface area contributed by atoms with Crippen molar-refractivity contribution in [1.82, 2.24) is 10.4 Å². The van der Waals surface area contributed by atoms with E-state index < -0.39 is 11.4 Å². The van der Waals surface area contributed by atoms with E-state index in [0.29, 0.717) is 13.0 Å². The monoisotopic (exact) mass is 418 g/mol. The number of hydrogen-bond donors (Lipinski definition) is 2. The molecule has 6 heteroatoms. The van der Waals surface area contributed by atoms with Crippen molar-refractivity contribution < 1.29 is 14.3 Å². The maximum absolute atomic E-state index is 13.5. The van der Waals surface area contributed by atoms with Gasteiger partial charge in [0.2, 0.25) is 0 Å². The van der Waals surface area contributed by atoms with Gasteiger partial charge < -0.3 is 10.1 Å². The minimum absolute atomic E-state index is 0.219. The van der Waals surface area contributed by atoms with Crippen molar-refractivity contribution in [2.45, 2.75) is 18.8 Å². The molecule has 4 nitrogen and oxygen atoms in total. The normalized spacial score (nSPS) is 19.9. The van der Waals surface area contributed by atoms with E-state index in [4.69, 9.17) is 0 Å². The first-order valence-corrected chi connectivity index (χ1v) is 9.17. The van der Waals surface area contributed by atoms with Crippen LogP contribution >= 0.6 is 15.9 Å². The molecule has 0 bridgehead atoms. The molecule has 0 spiro atoms. The van der Waals surface area contributed by atoms with Crippen molar-refractivity contribution in [1.29, 1.82) is 0 Å². The lowest BCUT2D eigenvalue weighted by molar-refractivity contribution is -0.134. The molecule has 0 amide bonds. The third-order valence-electron chi connectivity index (χ3n) is 5.00. The quantitative estimate of drug-likeness (QED) is 0.764. The van der Waals surface area contributed by atoms with Crippen LogP contribution in [0.2, 0.25) is 0 Å². The lowest BCUT2D eigenvalue weighted by atomic mass is 9.71. The number of nitrogens with zero attached hydrogens (tertiary/aromatic N) is 1. The molecule has 2 aromatic rings. The van der Waals surface area contributed by atoms with Gasteiger partial charge in [0.05, 0.1) is 0 Å². The topological polar surface area (TPSA) is 52.6 Å². The summed E-state index contributed by atoms with van der Waals surface area (Å²) in [6.45, 7) is 2.48. The average molecular weight is 419 g/mol. The van der Waals surface area contributed by atoms with Crippen LogP contribution in [0.25, 0.3) is 5.57 Å². The lowest BCUT2D eigenvalue weighted by Crippen LogP contribution is -2.40. The van der Waals surface area contributed by atoms with Crippen molar-refractivity contribution in [2.75, 3.05) is 13.6 Å². The number of hydrazine groups is 1. The van der Waals surface area contributed by atoms with Crippen molar-refractivity contribution >= 4 is 27.5 Å². The van der Waals surface area contributed by atoms with Crippen molar-refractivity contribution in [3.63, 3.8) is 0 Å². The Morgan fingerprint density at radius 2 is 2.00 bits per heavy atom. The van der Waals surface area contributed by atoms with Crippen LogP contribution in [0.4, 0.5) is 4.39 Å². The molecule has 0 saturated heterocycles. The third-order valence-corrected chi connectivity index (χ3v) is 5.49. The van der Waals surface area contributed by atoms with Crippen LogP contribution in [0.1, 0.15) is 24.5 Å². The van der Waals surface area contributed by atoms with Crippen LogP contribution in [0.3, 0.4) is 0 Å². The minimum Gasteiger partial charge on any atom is -0.477 e. The van der Waals surface area contributed by atoms with Gasteiger partial charge in [-0.2, -0.15) is 0 Å². The zero-order valence-corrected chi connectivity index (χ0v) is 16.2. The van der Waals surface area contributed by atoms with Gasteiger partial charge in [-0.05, 0) is 41.8 Å². The Hall–Kier alpha value is -2.18. The Morgan fingerprint density at radius 3 is 2.54 bits per heavy atom. The molecule has 3 rings (SSSR count). The summed E-state index contributed by atoms with van der Waals surface area (Å²) in [4.78, 5) is 12.1. The standard InChI is InChI=1S/C20H20BrFN2O2/c1-3-20(14-7-9-16(22)10-8-14)12-24(23-2)18(19(25)26)17(20)13-5-4-6-15(21)11-13/h4-11,23H,3,12H2,1-2H3,(H,25,26). The van der Waals surface area contributed by atoms with Crippen LogP contribution in [-0.4, -0.2) is 29.7 Å². The van der Waals surface area contributed by atoms with Gasteiger partial charge in [0.15, 0.2) is 0 Å². The Bertz CT molecular complexity index is 866. The number of carboxylic acid groups (broad SMARTS) is 1. The van der Waals surface area contributed by atoms with Gasteiger partial charge in [0.25, 0.3) is 0 Å². The van der Waals surface area contributed by atoms with E-state index >= 15 is 0 Å². The van der Waals surface area contributed by atoms with Gasteiger partial charge in [0, 0.05) is 29.1 Å². The van der Waals surface area contributed by atoms with Crippen LogP contribution in [-0.2, 0) is 10.2 Å². The second-order valence-electron chi connectivity index (χ2n) is 6.29. The molecule has 1 aliphatic rings. The first kappa shape index (κ1) is 18.6. The number of benzene rings is 2. The fourth-order valence-electron chi connectivity index (χ4n) is 3.76. The summed E-state index contributed by atoms with van der Waals surface area (Å²) in [5.41, 5.74) is 5.11. The SMILES string of the molecule is CCC1(c2ccc(F)cc2)CN(NC)C(C(=O)O)=C1c1cccc(Br)c1. The van der Waals surface area contributed by atoms with Crippen LogP contribution in [0.15, 0.2) is 58.7 Å². The van der Waals surface area contributed by atoms with E-state index in [2.05, 4.69) is 21.4 Å². The second-order valence-corrected chi connectivity index (χ2v) is 7.21. The first-order valence-electron chi connectivity index (χ1n) is 8.38. The molecule has 0 saturated carbocycles. The second kappa shape index (κ2) is 7.21. The summed E-state index contributed by atoms with van der Waals surface area (Å²) in [5, 5.41) is 11.6. The highest BCUT2D eigenvalue weighted by atomic mass is 79.9. The molecular weight excluding hydrogens is 399 g/mol. The molecule has 1 atom stereocenters. The maximum atomic E-state index is 13.5. The number of hydrogen-bond acceptors (Lipinski definition) is 3. The molecule has 2 aromatic carbocycles. The molecule has 1 unspecified atom stereocenters. The molecule has 0 fully saturated rings. The fraction of sp³-hybridized carbons (Fsp3) is 0.250.